The summed E-state index contributed by atoms with van der Waals surface area (Å²) in [7, 11) is 1.83. The van der Waals surface area contributed by atoms with Gasteiger partial charge in [0.15, 0.2) is 5.43 Å². The zero-order chi connectivity index (χ0) is 12.3. The van der Waals surface area contributed by atoms with Gasteiger partial charge in [0.25, 0.3) is 0 Å². The van der Waals surface area contributed by atoms with E-state index in [1.54, 1.807) is 18.6 Å². The topological polar surface area (TPSA) is 62.7 Å². The minimum absolute atomic E-state index is 0.00810. The molecule has 0 radical (unpaired) electrons. The highest BCUT2D eigenvalue weighted by Gasteiger charge is 2.19. The van der Waals surface area contributed by atoms with Crippen molar-refractivity contribution in [2.24, 2.45) is 0 Å². The first-order valence-electron chi connectivity index (χ1n) is 5.63. The van der Waals surface area contributed by atoms with Crippen LogP contribution < -0.4 is 10.7 Å². The van der Waals surface area contributed by atoms with E-state index in [9.17, 15) is 4.79 Å². The molecule has 0 saturated heterocycles. The number of H-pyrrole nitrogens is 1. The Morgan fingerprint density at radius 3 is 3.06 bits per heavy atom. The molecule has 17 heavy (non-hydrogen) atoms. The van der Waals surface area contributed by atoms with Crippen LogP contribution in [0.1, 0.15) is 24.4 Å². The lowest BCUT2D eigenvalue weighted by atomic mass is 10.1. The Morgan fingerprint density at radius 2 is 2.41 bits per heavy atom. The predicted molar refractivity (Wildman–Crippen MR) is 65.9 cm³/mol. The Balaban J connectivity index is 2.48. The molecular formula is C12H16N4O. The summed E-state index contributed by atoms with van der Waals surface area (Å²) in [4.78, 5) is 19.1. The second-order valence-corrected chi connectivity index (χ2v) is 3.76. The first-order valence-corrected chi connectivity index (χ1v) is 5.63. The molecule has 0 amide bonds. The van der Waals surface area contributed by atoms with Crippen LogP contribution in [-0.2, 0) is 6.54 Å². The Morgan fingerprint density at radius 1 is 1.59 bits per heavy atom. The van der Waals surface area contributed by atoms with Gasteiger partial charge in [-0.2, -0.15) is 0 Å². The number of aromatic amines is 1. The van der Waals surface area contributed by atoms with Gasteiger partial charge in [-0.25, -0.2) is 4.98 Å². The van der Waals surface area contributed by atoms with Crippen LogP contribution in [0.5, 0.6) is 0 Å². The van der Waals surface area contributed by atoms with Gasteiger partial charge in [0.2, 0.25) is 0 Å². The van der Waals surface area contributed by atoms with E-state index in [0.717, 1.165) is 12.4 Å². The molecule has 1 unspecified atom stereocenters. The molecule has 2 rings (SSSR count). The SMILES string of the molecule is CCn1ccnc1C(NC)c1c[nH]ccc1=O. The van der Waals surface area contributed by atoms with Crippen LogP contribution >= 0.6 is 0 Å². The van der Waals surface area contributed by atoms with E-state index in [0.29, 0.717) is 5.56 Å². The fraction of sp³-hybridized carbons (Fsp3) is 0.333. The quantitative estimate of drug-likeness (QED) is 0.823. The number of aromatic nitrogens is 3. The van der Waals surface area contributed by atoms with Crippen molar-refractivity contribution in [3.8, 4) is 0 Å². The minimum atomic E-state index is -0.185. The van der Waals surface area contributed by atoms with Gasteiger partial charge in [0.05, 0.1) is 6.04 Å². The van der Waals surface area contributed by atoms with Crippen molar-refractivity contribution < 1.29 is 0 Å². The number of nitrogens with one attached hydrogen (secondary N) is 2. The second kappa shape index (κ2) is 4.97. The highest BCUT2D eigenvalue weighted by molar-refractivity contribution is 5.22. The van der Waals surface area contributed by atoms with E-state index in [2.05, 4.69) is 15.3 Å². The number of imidazole rings is 1. The molecule has 5 heteroatoms. The Labute approximate surface area is 99.5 Å². The summed E-state index contributed by atoms with van der Waals surface area (Å²) < 4.78 is 2.02. The van der Waals surface area contributed by atoms with E-state index in [4.69, 9.17) is 0 Å². The van der Waals surface area contributed by atoms with E-state index in [1.807, 2.05) is 24.7 Å². The van der Waals surface area contributed by atoms with Crippen molar-refractivity contribution >= 4 is 0 Å². The summed E-state index contributed by atoms with van der Waals surface area (Å²) in [5.74, 6) is 0.853. The second-order valence-electron chi connectivity index (χ2n) is 3.76. The summed E-state index contributed by atoms with van der Waals surface area (Å²) in [5, 5.41) is 3.13. The summed E-state index contributed by atoms with van der Waals surface area (Å²) in [6.45, 7) is 2.88. The number of rotatable bonds is 4. The maximum absolute atomic E-state index is 11.8. The Hall–Kier alpha value is -1.88. The number of hydrogen-bond donors (Lipinski definition) is 2. The van der Waals surface area contributed by atoms with Crippen LogP contribution in [0.2, 0.25) is 0 Å². The van der Waals surface area contributed by atoms with Crippen LogP contribution in [0.3, 0.4) is 0 Å². The van der Waals surface area contributed by atoms with Crippen LogP contribution in [0.15, 0.2) is 35.6 Å². The fourth-order valence-electron chi connectivity index (χ4n) is 1.93. The maximum Gasteiger partial charge on any atom is 0.186 e. The van der Waals surface area contributed by atoms with Gasteiger partial charge >= 0.3 is 0 Å². The van der Waals surface area contributed by atoms with Gasteiger partial charge < -0.3 is 14.9 Å². The number of nitrogens with zero attached hydrogens (tertiary/aromatic N) is 2. The molecule has 2 heterocycles. The smallest absolute Gasteiger partial charge is 0.186 e. The van der Waals surface area contributed by atoms with Crippen molar-refractivity contribution in [3.63, 3.8) is 0 Å². The van der Waals surface area contributed by atoms with E-state index >= 15 is 0 Å². The van der Waals surface area contributed by atoms with E-state index in [1.165, 1.54) is 6.07 Å². The first-order chi connectivity index (χ1) is 8.27. The summed E-state index contributed by atoms with van der Waals surface area (Å²) >= 11 is 0. The standard InChI is InChI=1S/C12H16N4O/c1-3-16-7-6-15-12(16)11(13-2)9-8-14-5-4-10(9)17/h4-8,11,13H,3H2,1-2H3,(H,14,17). The third-order valence-electron chi connectivity index (χ3n) is 2.80. The molecular weight excluding hydrogens is 216 g/mol. The van der Waals surface area contributed by atoms with Gasteiger partial charge in [-0.15, -0.1) is 0 Å². The lowest BCUT2D eigenvalue weighted by Crippen LogP contribution is -2.26. The molecule has 1 atom stereocenters. The monoisotopic (exact) mass is 232 g/mol. The molecule has 0 bridgehead atoms. The largest absolute Gasteiger partial charge is 0.367 e. The average molecular weight is 232 g/mol. The molecule has 0 aliphatic rings. The lowest BCUT2D eigenvalue weighted by molar-refractivity contribution is 0.586. The Kier molecular flexibility index (Phi) is 3.39. The molecule has 2 aromatic heterocycles. The molecule has 2 aromatic rings. The van der Waals surface area contributed by atoms with E-state index < -0.39 is 0 Å². The predicted octanol–water partition coefficient (Wildman–Crippen LogP) is 0.900. The minimum Gasteiger partial charge on any atom is -0.367 e. The van der Waals surface area contributed by atoms with Gasteiger partial charge in [0, 0.05) is 43.0 Å². The summed E-state index contributed by atoms with van der Waals surface area (Å²) in [5.41, 5.74) is 0.685. The highest BCUT2D eigenvalue weighted by Crippen LogP contribution is 2.16. The molecule has 0 saturated carbocycles. The molecule has 0 aliphatic heterocycles. The van der Waals surface area contributed by atoms with Crippen LogP contribution in [0.25, 0.3) is 0 Å². The van der Waals surface area contributed by atoms with Gasteiger partial charge in [-0.1, -0.05) is 0 Å². The highest BCUT2D eigenvalue weighted by atomic mass is 16.1. The molecule has 0 aromatic carbocycles. The van der Waals surface area contributed by atoms with Gasteiger partial charge in [-0.3, -0.25) is 4.79 Å². The third-order valence-corrected chi connectivity index (χ3v) is 2.80. The van der Waals surface area contributed by atoms with Gasteiger partial charge in [0.1, 0.15) is 5.82 Å². The molecule has 2 N–H and O–H groups in total. The first kappa shape index (κ1) is 11.6. The van der Waals surface area contributed by atoms with Crippen molar-refractivity contribution in [2.45, 2.75) is 19.5 Å². The zero-order valence-corrected chi connectivity index (χ0v) is 9.97. The van der Waals surface area contributed by atoms with Crippen LogP contribution in [0.4, 0.5) is 0 Å². The summed E-state index contributed by atoms with van der Waals surface area (Å²) in [6, 6.07) is 1.34. The third kappa shape index (κ3) is 2.14. The molecule has 90 valence electrons. The van der Waals surface area contributed by atoms with Crippen molar-refractivity contribution in [2.75, 3.05) is 7.05 Å². The van der Waals surface area contributed by atoms with Crippen LogP contribution in [0, 0.1) is 0 Å². The fourth-order valence-corrected chi connectivity index (χ4v) is 1.93. The molecule has 0 aliphatic carbocycles. The maximum atomic E-state index is 11.8. The number of pyridine rings is 1. The molecule has 0 fully saturated rings. The molecule has 0 spiro atoms. The van der Waals surface area contributed by atoms with E-state index in [-0.39, 0.29) is 11.5 Å². The van der Waals surface area contributed by atoms with Gasteiger partial charge in [-0.05, 0) is 14.0 Å². The van der Waals surface area contributed by atoms with Crippen LogP contribution in [-0.4, -0.2) is 21.6 Å². The lowest BCUT2D eigenvalue weighted by Gasteiger charge is -2.16. The van der Waals surface area contributed by atoms with Crippen molar-refractivity contribution in [1.29, 1.82) is 0 Å². The van der Waals surface area contributed by atoms with Crippen molar-refractivity contribution in [1.82, 2.24) is 19.9 Å². The average Bonchev–Trinajstić information content (AvgIpc) is 2.81. The molecule has 5 nitrogen and oxygen atoms in total. The zero-order valence-electron chi connectivity index (χ0n) is 9.97. The Bertz CT molecular complexity index is 543. The number of aryl methyl sites for hydroxylation is 1. The summed E-state index contributed by atoms with van der Waals surface area (Å²) in [6.07, 6.45) is 7.01. The van der Waals surface area contributed by atoms with Crippen molar-refractivity contribution in [3.05, 3.63) is 52.5 Å². The normalized spacial score (nSPS) is 12.6. The number of hydrogen-bond acceptors (Lipinski definition) is 3.